The molecule has 3 aliphatic heterocycles. The van der Waals surface area contributed by atoms with Crippen LogP contribution in [0, 0.1) is 23.2 Å². The van der Waals surface area contributed by atoms with Crippen molar-refractivity contribution in [2.24, 2.45) is 23.2 Å². The fourth-order valence-corrected chi connectivity index (χ4v) is 7.85. The summed E-state index contributed by atoms with van der Waals surface area (Å²) < 4.78 is 6.07. The minimum absolute atomic E-state index is 0.0100. The van der Waals surface area contributed by atoms with E-state index in [1.807, 2.05) is 6.92 Å². The molecular formula is C25H40N2O4. The van der Waals surface area contributed by atoms with Crippen LogP contribution in [-0.2, 0) is 14.3 Å². The van der Waals surface area contributed by atoms with Crippen molar-refractivity contribution in [3.8, 4) is 0 Å². The molecule has 31 heavy (non-hydrogen) atoms. The first kappa shape index (κ1) is 21.8. The number of ketones is 1. The number of esters is 1. The number of carbonyl (C=O) groups is 2. The Kier molecular flexibility index (Phi) is 5.71. The zero-order valence-corrected chi connectivity index (χ0v) is 19.4. The molecule has 7 unspecified atom stereocenters. The summed E-state index contributed by atoms with van der Waals surface area (Å²) >= 11 is 0. The van der Waals surface area contributed by atoms with Crippen LogP contribution in [0.2, 0.25) is 0 Å². The number of ether oxygens (including phenoxy) is 1. The SMILES string of the molecule is CC1CCC2C(CN3CCCCC3)C(=O)OC2C2(C)C(=O)CC(N3CCCCC3)C12O. The molecule has 0 aromatic heterocycles. The zero-order chi connectivity index (χ0) is 21.8. The predicted molar refractivity (Wildman–Crippen MR) is 117 cm³/mol. The van der Waals surface area contributed by atoms with Crippen LogP contribution in [0.3, 0.4) is 0 Å². The first-order valence-corrected chi connectivity index (χ1v) is 12.8. The molecule has 0 amide bonds. The first-order chi connectivity index (χ1) is 14.9. The van der Waals surface area contributed by atoms with Gasteiger partial charge in [-0.05, 0) is 77.5 Å². The van der Waals surface area contributed by atoms with Crippen molar-refractivity contribution in [3.05, 3.63) is 0 Å². The van der Waals surface area contributed by atoms with Gasteiger partial charge in [-0.15, -0.1) is 0 Å². The molecular weight excluding hydrogens is 392 g/mol. The molecule has 0 aromatic carbocycles. The molecule has 0 aromatic rings. The van der Waals surface area contributed by atoms with Crippen molar-refractivity contribution in [2.75, 3.05) is 32.7 Å². The number of likely N-dealkylation sites (tertiary alicyclic amines) is 2. The quantitative estimate of drug-likeness (QED) is 0.692. The Hall–Kier alpha value is -0.980. The minimum atomic E-state index is -1.14. The van der Waals surface area contributed by atoms with Gasteiger partial charge in [0, 0.05) is 24.9 Å². The van der Waals surface area contributed by atoms with Crippen molar-refractivity contribution in [1.82, 2.24) is 9.80 Å². The number of carbonyl (C=O) groups excluding carboxylic acids is 2. The normalized spacial score (nSPS) is 47.0. The van der Waals surface area contributed by atoms with Crippen LogP contribution < -0.4 is 0 Å². The van der Waals surface area contributed by atoms with Crippen LogP contribution in [0.15, 0.2) is 0 Å². The summed E-state index contributed by atoms with van der Waals surface area (Å²) in [5.41, 5.74) is -2.15. The van der Waals surface area contributed by atoms with Gasteiger partial charge in [0.15, 0.2) is 0 Å². The van der Waals surface area contributed by atoms with Gasteiger partial charge in [-0.25, -0.2) is 0 Å². The van der Waals surface area contributed by atoms with Gasteiger partial charge in [0.1, 0.15) is 11.9 Å². The summed E-state index contributed by atoms with van der Waals surface area (Å²) in [5.74, 6) is -0.180. The Morgan fingerprint density at radius 3 is 2.32 bits per heavy atom. The number of aliphatic hydroxyl groups is 1. The van der Waals surface area contributed by atoms with Crippen LogP contribution in [0.1, 0.15) is 71.6 Å². The maximum absolute atomic E-state index is 13.6. The summed E-state index contributed by atoms with van der Waals surface area (Å²) in [6, 6.07) is -0.154. The monoisotopic (exact) mass is 432 g/mol. The smallest absolute Gasteiger partial charge is 0.310 e. The third-order valence-electron chi connectivity index (χ3n) is 9.74. The molecule has 3 heterocycles. The second-order valence-corrected chi connectivity index (χ2v) is 11.2. The van der Waals surface area contributed by atoms with Crippen LogP contribution in [0.4, 0.5) is 0 Å². The number of Topliss-reactive ketones (excluding diaryl/α,β-unsaturated/α-hetero) is 1. The molecule has 2 saturated carbocycles. The summed E-state index contributed by atoms with van der Waals surface area (Å²) in [4.78, 5) is 31.5. The summed E-state index contributed by atoms with van der Waals surface area (Å²) in [7, 11) is 0. The van der Waals surface area contributed by atoms with E-state index in [-0.39, 0.29) is 35.5 Å². The molecule has 0 bridgehead atoms. The molecule has 2 aliphatic carbocycles. The number of hydrogen-bond acceptors (Lipinski definition) is 6. The van der Waals surface area contributed by atoms with Crippen molar-refractivity contribution in [2.45, 2.75) is 89.4 Å². The number of nitrogens with zero attached hydrogens (tertiary/aromatic N) is 2. The second-order valence-electron chi connectivity index (χ2n) is 11.2. The van der Waals surface area contributed by atoms with E-state index in [9.17, 15) is 14.7 Å². The van der Waals surface area contributed by atoms with Gasteiger partial charge in [0.25, 0.3) is 0 Å². The molecule has 5 aliphatic rings. The van der Waals surface area contributed by atoms with E-state index in [1.54, 1.807) is 0 Å². The molecule has 174 valence electrons. The summed E-state index contributed by atoms with van der Waals surface area (Å²) in [5, 5.41) is 12.4. The van der Waals surface area contributed by atoms with E-state index in [2.05, 4.69) is 16.7 Å². The average molecular weight is 433 g/mol. The highest BCUT2D eigenvalue weighted by atomic mass is 16.6. The van der Waals surface area contributed by atoms with Crippen LogP contribution in [0.5, 0.6) is 0 Å². The topological polar surface area (TPSA) is 70.1 Å². The summed E-state index contributed by atoms with van der Waals surface area (Å²) in [6.07, 6.45) is 8.74. The third kappa shape index (κ3) is 3.23. The molecule has 3 saturated heterocycles. The summed E-state index contributed by atoms with van der Waals surface area (Å²) in [6.45, 7) is 8.80. The van der Waals surface area contributed by atoms with Crippen LogP contribution in [0.25, 0.3) is 0 Å². The molecule has 6 heteroatoms. The fraction of sp³-hybridized carbons (Fsp3) is 0.920. The Balaban J connectivity index is 1.46. The van der Waals surface area contributed by atoms with E-state index < -0.39 is 17.1 Å². The van der Waals surface area contributed by atoms with E-state index in [0.29, 0.717) is 6.42 Å². The Bertz CT molecular complexity index is 716. The molecule has 0 radical (unpaired) electrons. The van der Waals surface area contributed by atoms with E-state index >= 15 is 0 Å². The highest BCUT2D eigenvalue weighted by Gasteiger charge is 2.73. The first-order valence-electron chi connectivity index (χ1n) is 12.8. The van der Waals surface area contributed by atoms with E-state index in [4.69, 9.17) is 4.74 Å². The maximum Gasteiger partial charge on any atom is 0.310 e. The molecule has 6 nitrogen and oxygen atoms in total. The minimum Gasteiger partial charge on any atom is -0.461 e. The number of fused-ring (bicyclic) bond motifs is 3. The van der Waals surface area contributed by atoms with Gasteiger partial charge in [0.2, 0.25) is 0 Å². The van der Waals surface area contributed by atoms with Gasteiger partial charge in [-0.2, -0.15) is 0 Å². The van der Waals surface area contributed by atoms with Crippen molar-refractivity contribution in [3.63, 3.8) is 0 Å². The van der Waals surface area contributed by atoms with Gasteiger partial charge < -0.3 is 14.7 Å². The van der Waals surface area contributed by atoms with Gasteiger partial charge in [-0.1, -0.05) is 19.8 Å². The van der Waals surface area contributed by atoms with Crippen LogP contribution in [-0.4, -0.2) is 77.1 Å². The lowest BCUT2D eigenvalue weighted by atomic mass is 9.63. The molecule has 0 spiro atoms. The molecule has 5 rings (SSSR count). The predicted octanol–water partition coefficient (Wildman–Crippen LogP) is 2.62. The molecule has 5 fully saturated rings. The maximum atomic E-state index is 13.6. The van der Waals surface area contributed by atoms with Crippen molar-refractivity contribution in [1.29, 1.82) is 0 Å². The Morgan fingerprint density at radius 1 is 1.00 bits per heavy atom. The largest absolute Gasteiger partial charge is 0.461 e. The van der Waals surface area contributed by atoms with E-state index in [1.165, 1.54) is 25.7 Å². The second kappa shape index (κ2) is 8.11. The zero-order valence-electron chi connectivity index (χ0n) is 19.4. The van der Waals surface area contributed by atoms with Gasteiger partial charge >= 0.3 is 5.97 Å². The average Bonchev–Trinajstić information content (AvgIpc) is 3.18. The standard InChI is InChI=1S/C25H40N2O4/c1-17-9-10-18-19(16-26-11-5-3-6-12-26)23(29)31-22(18)24(2)21(28)15-20(25(17,24)30)27-13-7-4-8-14-27/h17-20,22,30H,3-16H2,1-2H3. The lowest BCUT2D eigenvalue weighted by molar-refractivity contribution is -0.182. The van der Waals surface area contributed by atoms with Crippen LogP contribution >= 0.6 is 0 Å². The van der Waals surface area contributed by atoms with E-state index in [0.717, 1.165) is 58.4 Å². The Morgan fingerprint density at radius 2 is 1.65 bits per heavy atom. The number of piperidine rings is 2. The lowest BCUT2D eigenvalue weighted by Gasteiger charge is -2.49. The Labute approximate surface area is 186 Å². The van der Waals surface area contributed by atoms with Gasteiger partial charge in [-0.3, -0.25) is 14.5 Å². The van der Waals surface area contributed by atoms with Gasteiger partial charge in [0.05, 0.1) is 16.9 Å². The highest BCUT2D eigenvalue weighted by molar-refractivity contribution is 5.92. The lowest BCUT2D eigenvalue weighted by Crippen LogP contribution is -2.64. The number of rotatable bonds is 3. The molecule has 7 atom stereocenters. The molecule has 1 N–H and O–H groups in total. The highest BCUT2D eigenvalue weighted by Crippen LogP contribution is 2.60. The van der Waals surface area contributed by atoms with Crippen molar-refractivity contribution < 1.29 is 19.4 Å². The third-order valence-corrected chi connectivity index (χ3v) is 9.74. The fourth-order valence-electron chi connectivity index (χ4n) is 7.85. The van der Waals surface area contributed by atoms with Crippen molar-refractivity contribution >= 4 is 11.8 Å². The number of hydrogen-bond donors (Lipinski definition) is 1.